The van der Waals surface area contributed by atoms with E-state index in [2.05, 4.69) is 206 Å². The molecule has 14 aromatic carbocycles. The van der Waals surface area contributed by atoms with Crippen LogP contribution in [0.2, 0.25) is 0 Å². The third-order valence-corrected chi connectivity index (χ3v) is 31.2. The van der Waals surface area contributed by atoms with Gasteiger partial charge in [-0.25, -0.2) is 25.3 Å². The van der Waals surface area contributed by atoms with E-state index < -0.39 is 29.5 Å². The van der Waals surface area contributed by atoms with Crippen LogP contribution in [0.1, 0.15) is 203 Å². The number of hydrogen-bond acceptors (Lipinski definition) is 6. The van der Waals surface area contributed by atoms with Gasteiger partial charge in [-0.2, -0.15) is 0 Å². The SMILES string of the molecule is CCc1ccc2c(c1)-c1cc(CC)ccc1C2.CCc1ccc2c(c1)-c1cccc(CC)c1C2.CCc1ccc2c(c1)-c1ccccc1C2.CCc1ccc2c(c1)S(=O)(=O)c1cc(CC)ccc1C2.CCc1ccc2c(c1)S(=O)(=O)c1ccccc1C2.CCc1cccc2c1Cc1ccccc1-2.CCc1cccc2c1Cc1ccccc1S2(=O)=O. The molecular formula is C111H110O6S3. The molecule has 21 rings (SSSR count). The Kier molecular flexibility index (Phi) is 25.5. The molecule has 14 aromatic rings. The number of sulfone groups is 3. The first-order valence-electron chi connectivity index (χ1n) is 43.5. The van der Waals surface area contributed by atoms with Gasteiger partial charge in [0.2, 0.25) is 29.5 Å². The van der Waals surface area contributed by atoms with E-state index in [9.17, 15) is 25.3 Å². The maximum absolute atomic E-state index is 12.8. The van der Waals surface area contributed by atoms with Crippen molar-refractivity contribution >= 4 is 29.5 Å². The molecule has 0 saturated carbocycles. The second-order valence-corrected chi connectivity index (χ2v) is 38.0. The van der Waals surface area contributed by atoms with Gasteiger partial charge in [0.25, 0.3) is 0 Å². The molecule has 0 unspecified atom stereocenters. The molecule has 3 heterocycles. The quantitative estimate of drug-likeness (QED) is 0.135. The Morgan fingerprint density at radius 3 is 0.792 bits per heavy atom. The van der Waals surface area contributed by atoms with E-state index in [-0.39, 0.29) is 0 Å². The summed E-state index contributed by atoms with van der Waals surface area (Å²) in [6, 6.07) is 96.2. The fourth-order valence-corrected chi connectivity index (χ4v) is 23.7. The molecule has 120 heavy (non-hydrogen) atoms. The monoisotopic (exact) mass is 1630 g/mol. The molecule has 608 valence electrons. The summed E-state index contributed by atoms with van der Waals surface area (Å²) in [6.07, 6.45) is 16.8. The summed E-state index contributed by atoms with van der Waals surface area (Å²) in [5.41, 5.74) is 42.3. The van der Waals surface area contributed by atoms with Gasteiger partial charge < -0.3 is 0 Å². The third kappa shape index (κ3) is 17.0. The fourth-order valence-electron chi connectivity index (χ4n) is 18.3. The highest BCUT2D eigenvalue weighted by atomic mass is 32.2. The highest BCUT2D eigenvalue weighted by Crippen LogP contribution is 2.44. The molecule has 9 heteroatoms. The van der Waals surface area contributed by atoms with Gasteiger partial charge in [0.15, 0.2) is 0 Å². The Bertz CT molecular complexity index is 6400. The van der Waals surface area contributed by atoms with Crippen molar-refractivity contribution in [2.75, 3.05) is 0 Å². The second-order valence-electron chi connectivity index (χ2n) is 32.4. The molecule has 0 bridgehead atoms. The standard InChI is InChI=1S/C17H18O2S.2C17H18.2C15H14O2S.2C15H14/c1-3-12-5-7-14-11-15-8-6-13(4-2)10-17(15)20(18,19)16(14)9-12;1-3-12-5-7-14-11-15-8-6-13(4-2)10-17(15)16(14)9-12;1-3-12-8-9-14-11-17-13(4-2)6-5-7-15(17)16(14)10-12;1-2-11-7-5-9-15-13(11)10-12-6-3-4-8-14(12)18(15,16)17;1-2-11-7-8-13-10-12-5-3-4-6-14(12)18(16,17)15(13)9-11;1-2-11-7-5-9-14-13-8-4-3-6-12(13)10-15(11)14;1-2-11-7-8-13-10-12-5-3-4-6-14(12)15(13)9-11/h5-10H,3-4,11H2,1-2H3;2*5-10H,3-4,11H2,1-2H3;2*3-9H,2,10H2,1H3;2*3-9H,2,10H2,1H3. The number of hydrogen-bond donors (Lipinski definition) is 0. The van der Waals surface area contributed by atoms with Crippen molar-refractivity contribution in [3.8, 4) is 44.5 Å². The van der Waals surface area contributed by atoms with Crippen LogP contribution in [0.25, 0.3) is 44.5 Å². The van der Waals surface area contributed by atoms with Crippen molar-refractivity contribution in [1.29, 1.82) is 0 Å². The minimum absolute atomic E-state index is 0.464. The predicted octanol–water partition coefficient (Wildman–Crippen LogP) is 25.9. The second kappa shape index (κ2) is 36.5. The van der Waals surface area contributed by atoms with Gasteiger partial charge in [0.05, 0.1) is 29.4 Å². The zero-order valence-corrected chi connectivity index (χ0v) is 73.7. The number of benzene rings is 14. The topological polar surface area (TPSA) is 102 Å². The lowest BCUT2D eigenvalue weighted by atomic mass is 9.98. The Hall–Kier alpha value is -11.1. The van der Waals surface area contributed by atoms with Gasteiger partial charge in [-0.3, -0.25) is 0 Å². The Balaban J connectivity index is 0.000000109. The predicted molar refractivity (Wildman–Crippen MR) is 496 cm³/mol. The van der Waals surface area contributed by atoms with E-state index >= 15 is 0 Å². The van der Waals surface area contributed by atoms with Crippen LogP contribution in [0, 0.1) is 0 Å². The first-order valence-corrected chi connectivity index (χ1v) is 47.9. The maximum Gasteiger partial charge on any atom is 0.207 e. The van der Waals surface area contributed by atoms with Gasteiger partial charge in [-0.1, -0.05) is 312 Å². The molecule has 0 amide bonds. The Labute approximate surface area is 714 Å². The Morgan fingerprint density at radius 1 is 0.175 bits per heavy atom. The summed E-state index contributed by atoms with van der Waals surface area (Å²) in [6.45, 7) is 21.5. The van der Waals surface area contributed by atoms with Crippen molar-refractivity contribution in [2.24, 2.45) is 0 Å². The van der Waals surface area contributed by atoms with Crippen LogP contribution < -0.4 is 0 Å². The Morgan fingerprint density at radius 2 is 0.400 bits per heavy atom. The van der Waals surface area contributed by atoms with Crippen LogP contribution in [0.15, 0.2) is 308 Å². The van der Waals surface area contributed by atoms with Gasteiger partial charge >= 0.3 is 0 Å². The highest BCUT2D eigenvalue weighted by molar-refractivity contribution is 7.92. The van der Waals surface area contributed by atoms with Crippen LogP contribution in [0.3, 0.4) is 0 Å². The van der Waals surface area contributed by atoms with Crippen molar-refractivity contribution in [2.45, 2.75) is 208 Å². The average Bonchev–Trinajstić information content (AvgIpc) is 0.844. The zero-order chi connectivity index (χ0) is 84.0. The first kappa shape index (κ1) is 84.0. The molecule has 0 atom stereocenters. The summed E-state index contributed by atoms with van der Waals surface area (Å²) in [7, 11) is -10.0. The van der Waals surface area contributed by atoms with Crippen LogP contribution in [-0.2, 0) is 139 Å². The minimum Gasteiger partial charge on any atom is -0.218 e. The lowest BCUT2D eigenvalue weighted by molar-refractivity contribution is 0.589. The molecule has 0 N–H and O–H groups in total. The molecule has 3 aliphatic heterocycles. The van der Waals surface area contributed by atoms with Gasteiger partial charge in [0, 0.05) is 19.3 Å². The van der Waals surface area contributed by atoms with Crippen molar-refractivity contribution in [3.63, 3.8) is 0 Å². The van der Waals surface area contributed by atoms with E-state index in [1.807, 2.05) is 112 Å². The molecule has 6 nitrogen and oxygen atoms in total. The van der Waals surface area contributed by atoms with Crippen LogP contribution in [0.5, 0.6) is 0 Å². The molecule has 4 aliphatic carbocycles. The lowest BCUT2D eigenvalue weighted by Gasteiger charge is -2.21. The van der Waals surface area contributed by atoms with E-state index in [0.29, 0.717) is 42.2 Å². The summed E-state index contributed by atoms with van der Waals surface area (Å²) < 4.78 is 75.9. The van der Waals surface area contributed by atoms with Crippen molar-refractivity contribution < 1.29 is 25.3 Å². The van der Waals surface area contributed by atoms with Crippen LogP contribution in [-0.4, -0.2) is 25.3 Å². The molecule has 0 aromatic heterocycles. The van der Waals surface area contributed by atoms with Crippen molar-refractivity contribution in [1.82, 2.24) is 0 Å². The number of rotatable bonds is 10. The molecule has 0 fully saturated rings. The number of aryl methyl sites for hydroxylation is 10. The summed E-state index contributed by atoms with van der Waals surface area (Å²) in [5.74, 6) is 0. The zero-order valence-electron chi connectivity index (χ0n) is 71.3. The van der Waals surface area contributed by atoms with Crippen molar-refractivity contribution in [3.05, 3.63) is 413 Å². The molecule has 0 saturated heterocycles. The maximum atomic E-state index is 12.8. The molecule has 0 spiro atoms. The highest BCUT2D eigenvalue weighted by Gasteiger charge is 2.33. The third-order valence-electron chi connectivity index (χ3n) is 25.4. The van der Waals surface area contributed by atoms with Gasteiger partial charge in [-0.05, 0) is 304 Å². The summed E-state index contributed by atoms with van der Waals surface area (Å²) >= 11 is 0. The van der Waals surface area contributed by atoms with E-state index in [1.54, 1.807) is 41.5 Å². The van der Waals surface area contributed by atoms with E-state index in [0.717, 1.165) is 152 Å². The van der Waals surface area contributed by atoms with Gasteiger partial charge in [-0.15, -0.1) is 0 Å². The molecule has 7 aliphatic rings. The smallest absolute Gasteiger partial charge is 0.207 e. The first-order chi connectivity index (χ1) is 58.2. The summed E-state index contributed by atoms with van der Waals surface area (Å²) in [5, 5.41) is 0. The van der Waals surface area contributed by atoms with Crippen LogP contribution >= 0.6 is 0 Å². The fraction of sp³-hybridized carbons (Fsp3) is 0.243. The van der Waals surface area contributed by atoms with Crippen LogP contribution in [0.4, 0.5) is 0 Å². The average molecular weight is 1640 g/mol. The van der Waals surface area contributed by atoms with E-state index in [4.69, 9.17) is 0 Å². The van der Waals surface area contributed by atoms with Gasteiger partial charge in [0.1, 0.15) is 0 Å². The number of fused-ring (bicyclic) bond motifs is 18. The largest absolute Gasteiger partial charge is 0.218 e. The molecule has 0 radical (unpaired) electrons. The lowest BCUT2D eigenvalue weighted by Crippen LogP contribution is -2.16. The van der Waals surface area contributed by atoms with E-state index in [1.165, 1.54) is 111 Å². The summed E-state index contributed by atoms with van der Waals surface area (Å²) in [4.78, 5) is 2.90. The normalized spacial score (nSPS) is 13.9. The minimum atomic E-state index is -3.37. The molecular weight excluding hydrogens is 1530 g/mol.